The quantitative estimate of drug-likeness (QED) is 0.905. The fourth-order valence-electron chi connectivity index (χ4n) is 1.43. The predicted octanol–water partition coefficient (Wildman–Crippen LogP) is 1.75. The molecule has 1 heterocycles. The van der Waals surface area contributed by atoms with Crippen molar-refractivity contribution in [1.82, 2.24) is 9.78 Å². The zero-order valence-corrected chi connectivity index (χ0v) is 10.2. The maximum Gasteiger partial charge on any atom is 0.337 e. The van der Waals surface area contributed by atoms with Gasteiger partial charge in [-0.15, -0.1) is 0 Å². The molecule has 17 heavy (non-hydrogen) atoms. The summed E-state index contributed by atoms with van der Waals surface area (Å²) in [5.41, 5.74) is 1.09. The van der Waals surface area contributed by atoms with E-state index >= 15 is 0 Å². The monoisotopic (exact) mass is 296 g/mol. The summed E-state index contributed by atoms with van der Waals surface area (Å²) < 4.78 is 2.31. The van der Waals surface area contributed by atoms with Gasteiger partial charge in [-0.2, -0.15) is 5.10 Å². The lowest BCUT2D eigenvalue weighted by molar-refractivity contribution is -0.146. The number of carboxylic acid groups (broad SMARTS) is 1. The molecule has 2 aromatic rings. The van der Waals surface area contributed by atoms with E-state index in [1.807, 2.05) is 0 Å². The van der Waals surface area contributed by atoms with Crippen LogP contribution in [0.1, 0.15) is 11.7 Å². The summed E-state index contributed by atoms with van der Waals surface area (Å²) in [5.74, 6) is -1.27. The Morgan fingerprint density at radius 3 is 2.76 bits per heavy atom. The van der Waals surface area contributed by atoms with Crippen LogP contribution in [0.3, 0.4) is 0 Å². The SMILES string of the molecule is O=C(O)C(O)c1ccc(-n2cccn2)c(Br)c1. The van der Waals surface area contributed by atoms with E-state index in [0.29, 0.717) is 10.0 Å². The van der Waals surface area contributed by atoms with Crippen molar-refractivity contribution in [3.8, 4) is 5.69 Å². The van der Waals surface area contributed by atoms with Crippen molar-refractivity contribution in [1.29, 1.82) is 0 Å². The maximum absolute atomic E-state index is 10.6. The fourth-order valence-corrected chi connectivity index (χ4v) is 2.01. The molecule has 2 N–H and O–H groups in total. The molecule has 0 saturated heterocycles. The van der Waals surface area contributed by atoms with Gasteiger partial charge in [-0.05, 0) is 39.7 Å². The number of aliphatic hydroxyl groups is 1. The molecule has 88 valence electrons. The number of nitrogens with zero attached hydrogens (tertiary/aromatic N) is 2. The second-order valence-electron chi connectivity index (χ2n) is 3.40. The van der Waals surface area contributed by atoms with E-state index in [0.717, 1.165) is 5.69 Å². The van der Waals surface area contributed by atoms with Crippen LogP contribution in [0.25, 0.3) is 5.69 Å². The number of hydrogen-bond donors (Lipinski definition) is 2. The summed E-state index contributed by atoms with van der Waals surface area (Å²) in [7, 11) is 0. The van der Waals surface area contributed by atoms with Crippen molar-refractivity contribution < 1.29 is 15.0 Å². The van der Waals surface area contributed by atoms with Crippen LogP contribution in [0.4, 0.5) is 0 Å². The number of halogens is 1. The van der Waals surface area contributed by atoms with E-state index in [2.05, 4.69) is 21.0 Å². The molecule has 0 radical (unpaired) electrons. The summed E-state index contributed by atoms with van der Waals surface area (Å²) in [6.45, 7) is 0. The first-order valence-electron chi connectivity index (χ1n) is 4.80. The van der Waals surface area contributed by atoms with Gasteiger partial charge < -0.3 is 10.2 Å². The first kappa shape index (κ1) is 11.8. The highest BCUT2D eigenvalue weighted by atomic mass is 79.9. The van der Waals surface area contributed by atoms with Crippen molar-refractivity contribution >= 4 is 21.9 Å². The van der Waals surface area contributed by atoms with Crippen LogP contribution in [-0.4, -0.2) is 26.0 Å². The Kier molecular flexibility index (Phi) is 3.26. The van der Waals surface area contributed by atoms with Crippen LogP contribution < -0.4 is 0 Å². The third kappa shape index (κ3) is 2.37. The molecule has 1 aromatic carbocycles. The minimum absolute atomic E-state index is 0.320. The molecular weight excluding hydrogens is 288 g/mol. The largest absolute Gasteiger partial charge is 0.479 e. The lowest BCUT2D eigenvalue weighted by Gasteiger charge is -2.09. The zero-order chi connectivity index (χ0) is 12.4. The zero-order valence-electron chi connectivity index (χ0n) is 8.62. The first-order chi connectivity index (χ1) is 8.09. The van der Waals surface area contributed by atoms with Crippen molar-refractivity contribution in [3.05, 3.63) is 46.7 Å². The third-order valence-electron chi connectivity index (χ3n) is 2.27. The lowest BCUT2D eigenvalue weighted by atomic mass is 10.1. The van der Waals surface area contributed by atoms with E-state index in [-0.39, 0.29) is 0 Å². The van der Waals surface area contributed by atoms with Gasteiger partial charge in [0.05, 0.1) is 5.69 Å². The molecule has 1 aromatic heterocycles. The molecule has 0 spiro atoms. The van der Waals surface area contributed by atoms with Gasteiger partial charge >= 0.3 is 5.97 Å². The Balaban J connectivity index is 2.39. The molecule has 5 nitrogen and oxygen atoms in total. The van der Waals surface area contributed by atoms with Crippen molar-refractivity contribution in [3.63, 3.8) is 0 Å². The number of aromatic nitrogens is 2. The van der Waals surface area contributed by atoms with Gasteiger partial charge in [0.15, 0.2) is 6.10 Å². The van der Waals surface area contributed by atoms with Crippen LogP contribution in [0.2, 0.25) is 0 Å². The average Bonchev–Trinajstić information content (AvgIpc) is 2.81. The smallest absolute Gasteiger partial charge is 0.337 e. The van der Waals surface area contributed by atoms with Crippen molar-refractivity contribution in [2.45, 2.75) is 6.10 Å². The molecule has 1 unspecified atom stereocenters. The summed E-state index contributed by atoms with van der Waals surface area (Å²) in [5, 5.41) is 22.2. The van der Waals surface area contributed by atoms with Gasteiger partial charge in [0.2, 0.25) is 0 Å². The molecule has 1 atom stereocenters. The Morgan fingerprint density at radius 2 is 2.24 bits per heavy atom. The number of rotatable bonds is 3. The number of benzene rings is 1. The summed E-state index contributed by atoms with van der Waals surface area (Å²) in [6, 6.07) is 6.60. The summed E-state index contributed by atoms with van der Waals surface area (Å²) in [6.07, 6.45) is 1.90. The van der Waals surface area contributed by atoms with Gasteiger partial charge in [0.25, 0.3) is 0 Å². The standard InChI is InChI=1S/C11H9BrN2O3/c12-8-6-7(10(15)11(16)17)2-3-9(8)14-5-1-4-13-14/h1-6,10,15H,(H,16,17). The van der Waals surface area contributed by atoms with Gasteiger partial charge in [0, 0.05) is 16.9 Å². The predicted molar refractivity (Wildman–Crippen MR) is 63.9 cm³/mol. The van der Waals surface area contributed by atoms with Crippen LogP contribution in [0, 0.1) is 0 Å². The van der Waals surface area contributed by atoms with Crippen LogP contribution >= 0.6 is 15.9 Å². The van der Waals surface area contributed by atoms with Gasteiger partial charge in [-0.3, -0.25) is 0 Å². The maximum atomic E-state index is 10.6. The fraction of sp³-hybridized carbons (Fsp3) is 0.0909. The molecule has 0 aliphatic carbocycles. The first-order valence-corrected chi connectivity index (χ1v) is 5.59. The van der Waals surface area contributed by atoms with E-state index in [1.54, 1.807) is 41.3 Å². The van der Waals surface area contributed by atoms with Crippen LogP contribution in [0.5, 0.6) is 0 Å². The molecule has 0 aliphatic heterocycles. The topological polar surface area (TPSA) is 75.3 Å². The Labute approximate surface area is 105 Å². The minimum atomic E-state index is -1.52. The Bertz CT molecular complexity index is 540. The van der Waals surface area contributed by atoms with Crippen LogP contribution in [-0.2, 0) is 4.79 Å². The second kappa shape index (κ2) is 4.68. The number of aliphatic carboxylic acids is 1. The van der Waals surface area contributed by atoms with Crippen molar-refractivity contribution in [2.75, 3.05) is 0 Å². The third-order valence-corrected chi connectivity index (χ3v) is 2.91. The van der Waals surface area contributed by atoms with E-state index in [9.17, 15) is 9.90 Å². The molecule has 6 heteroatoms. The molecule has 0 saturated carbocycles. The summed E-state index contributed by atoms with van der Waals surface area (Å²) >= 11 is 3.32. The van der Waals surface area contributed by atoms with E-state index in [1.165, 1.54) is 0 Å². The molecule has 0 amide bonds. The average molecular weight is 297 g/mol. The lowest BCUT2D eigenvalue weighted by Crippen LogP contribution is -2.10. The molecule has 0 fully saturated rings. The van der Waals surface area contributed by atoms with Gasteiger partial charge in [-0.1, -0.05) is 6.07 Å². The molecular formula is C11H9BrN2O3. The van der Waals surface area contributed by atoms with E-state index in [4.69, 9.17) is 5.11 Å². The second-order valence-corrected chi connectivity index (χ2v) is 4.26. The highest BCUT2D eigenvalue weighted by molar-refractivity contribution is 9.10. The normalized spacial score (nSPS) is 12.4. The van der Waals surface area contributed by atoms with Crippen molar-refractivity contribution in [2.24, 2.45) is 0 Å². The van der Waals surface area contributed by atoms with Gasteiger partial charge in [-0.25, -0.2) is 9.48 Å². The van der Waals surface area contributed by atoms with E-state index < -0.39 is 12.1 Å². The highest BCUT2D eigenvalue weighted by Gasteiger charge is 2.17. The number of hydrogen-bond acceptors (Lipinski definition) is 3. The number of aliphatic hydroxyl groups excluding tert-OH is 1. The number of carbonyl (C=O) groups is 1. The highest BCUT2D eigenvalue weighted by Crippen LogP contribution is 2.25. The molecule has 2 rings (SSSR count). The Morgan fingerprint density at radius 1 is 1.47 bits per heavy atom. The summed E-state index contributed by atoms with van der Waals surface area (Å²) in [4.78, 5) is 10.6. The van der Waals surface area contributed by atoms with Crippen LogP contribution in [0.15, 0.2) is 41.1 Å². The van der Waals surface area contributed by atoms with Gasteiger partial charge in [0.1, 0.15) is 0 Å². The molecule has 0 bridgehead atoms. The Hall–Kier alpha value is -1.66. The molecule has 0 aliphatic rings. The number of carboxylic acids is 1. The minimum Gasteiger partial charge on any atom is -0.479 e.